The van der Waals surface area contributed by atoms with Gasteiger partial charge in [-0.05, 0) is 0 Å². The van der Waals surface area contributed by atoms with Crippen molar-refractivity contribution < 1.29 is 18.4 Å². The first-order valence-electron chi connectivity index (χ1n) is 4.26. The Balaban J connectivity index is 2.93. The number of hydrogen-bond donors (Lipinski definition) is 0. The normalized spacial score (nSPS) is 9.56. The summed E-state index contributed by atoms with van der Waals surface area (Å²) < 4.78 is 31.0. The number of benzene rings is 1. The van der Waals surface area contributed by atoms with E-state index in [-0.39, 0.29) is 13.0 Å². The SMILES string of the molecule is C#CCCOc1cc(F)c([N+](=O)[O-])cc1F. The molecule has 0 heterocycles. The number of rotatable bonds is 4. The zero-order valence-electron chi connectivity index (χ0n) is 8.07. The van der Waals surface area contributed by atoms with E-state index < -0.39 is 28.0 Å². The lowest BCUT2D eigenvalue weighted by Gasteiger charge is -2.05. The number of halogens is 2. The van der Waals surface area contributed by atoms with Crippen LogP contribution >= 0.6 is 0 Å². The van der Waals surface area contributed by atoms with Crippen molar-refractivity contribution in [3.8, 4) is 18.1 Å². The molecule has 0 aliphatic rings. The van der Waals surface area contributed by atoms with Crippen molar-refractivity contribution in [2.75, 3.05) is 6.61 Å². The van der Waals surface area contributed by atoms with Gasteiger partial charge in [-0.3, -0.25) is 10.1 Å². The number of hydrogen-bond acceptors (Lipinski definition) is 3. The van der Waals surface area contributed by atoms with E-state index in [1.165, 1.54) is 0 Å². The third-order valence-corrected chi connectivity index (χ3v) is 1.70. The maximum atomic E-state index is 13.2. The van der Waals surface area contributed by atoms with Crippen LogP contribution in [0.3, 0.4) is 0 Å². The topological polar surface area (TPSA) is 52.4 Å². The number of ether oxygens (including phenoxy) is 1. The predicted molar refractivity (Wildman–Crippen MR) is 52.0 cm³/mol. The van der Waals surface area contributed by atoms with Gasteiger partial charge < -0.3 is 4.74 Å². The molecule has 0 amide bonds. The predicted octanol–water partition coefficient (Wildman–Crippen LogP) is 2.28. The summed E-state index contributed by atoms with van der Waals surface area (Å²) in [4.78, 5) is 9.27. The summed E-state index contributed by atoms with van der Waals surface area (Å²) in [5, 5.41) is 10.3. The molecule has 84 valence electrons. The van der Waals surface area contributed by atoms with Gasteiger partial charge in [0.25, 0.3) is 0 Å². The van der Waals surface area contributed by atoms with Gasteiger partial charge >= 0.3 is 5.69 Å². The Kier molecular flexibility index (Phi) is 3.78. The fourth-order valence-electron chi connectivity index (χ4n) is 0.989. The van der Waals surface area contributed by atoms with Gasteiger partial charge in [0.1, 0.15) is 0 Å². The van der Waals surface area contributed by atoms with Crippen molar-refractivity contribution in [1.29, 1.82) is 0 Å². The van der Waals surface area contributed by atoms with E-state index in [0.29, 0.717) is 12.1 Å². The second-order valence-electron chi connectivity index (χ2n) is 2.79. The van der Waals surface area contributed by atoms with Crippen LogP contribution in [-0.4, -0.2) is 11.5 Å². The minimum atomic E-state index is -1.15. The Morgan fingerprint density at radius 2 is 2.12 bits per heavy atom. The van der Waals surface area contributed by atoms with E-state index in [2.05, 4.69) is 5.92 Å². The molecule has 0 aliphatic carbocycles. The van der Waals surface area contributed by atoms with Gasteiger partial charge in [0.05, 0.1) is 17.6 Å². The van der Waals surface area contributed by atoms with Crippen molar-refractivity contribution in [3.05, 3.63) is 33.9 Å². The number of nitrogens with zero attached hydrogens (tertiary/aromatic N) is 1. The Hall–Kier alpha value is -2.16. The summed E-state index contributed by atoms with van der Waals surface area (Å²) in [5.41, 5.74) is -0.929. The van der Waals surface area contributed by atoms with E-state index in [9.17, 15) is 18.9 Å². The molecule has 0 bridgehead atoms. The third kappa shape index (κ3) is 2.67. The van der Waals surface area contributed by atoms with Crippen molar-refractivity contribution in [3.63, 3.8) is 0 Å². The lowest BCUT2D eigenvalue weighted by Crippen LogP contribution is -2.01. The molecule has 0 aliphatic heterocycles. The zero-order chi connectivity index (χ0) is 12.1. The summed E-state index contributed by atoms with van der Waals surface area (Å²) in [7, 11) is 0. The van der Waals surface area contributed by atoms with Gasteiger partial charge in [-0.1, -0.05) is 0 Å². The molecule has 0 saturated heterocycles. The molecule has 0 radical (unpaired) electrons. The van der Waals surface area contributed by atoms with Gasteiger partial charge in [-0.25, -0.2) is 4.39 Å². The van der Waals surface area contributed by atoms with Crippen LogP contribution < -0.4 is 4.74 Å². The monoisotopic (exact) mass is 227 g/mol. The zero-order valence-corrected chi connectivity index (χ0v) is 8.07. The third-order valence-electron chi connectivity index (χ3n) is 1.70. The maximum Gasteiger partial charge on any atom is 0.307 e. The summed E-state index contributed by atoms with van der Waals surface area (Å²) >= 11 is 0. The van der Waals surface area contributed by atoms with Gasteiger partial charge in [0.15, 0.2) is 11.6 Å². The highest BCUT2D eigenvalue weighted by Crippen LogP contribution is 2.26. The number of terminal acetylenes is 1. The Morgan fingerprint density at radius 3 is 2.69 bits per heavy atom. The van der Waals surface area contributed by atoms with Crippen LogP contribution in [0, 0.1) is 34.1 Å². The number of nitro benzene ring substituents is 1. The van der Waals surface area contributed by atoms with Crippen LogP contribution in [-0.2, 0) is 0 Å². The second-order valence-corrected chi connectivity index (χ2v) is 2.79. The summed E-state index contributed by atoms with van der Waals surface area (Å²) in [6.45, 7) is 0.0185. The second kappa shape index (κ2) is 5.07. The lowest BCUT2D eigenvalue weighted by molar-refractivity contribution is -0.387. The molecule has 6 heteroatoms. The minimum absolute atomic E-state index is 0.0185. The van der Waals surface area contributed by atoms with Crippen LogP contribution in [0.2, 0.25) is 0 Å². The molecule has 0 fully saturated rings. The molecular formula is C10H7F2NO3. The summed E-state index contributed by atoms with van der Waals surface area (Å²) in [6.07, 6.45) is 5.17. The first-order chi connectivity index (χ1) is 7.56. The Labute approximate surface area is 90.0 Å². The van der Waals surface area contributed by atoms with Gasteiger partial charge in [0, 0.05) is 12.5 Å². The molecule has 0 unspecified atom stereocenters. The first-order valence-corrected chi connectivity index (χ1v) is 4.26. The van der Waals surface area contributed by atoms with Crippen molar-refractivity contribution in [2.45, 2.75) is 6.42 Å². The van der Waals surface area contributed by atoms with Crippen molar-refractivity contribution in [2.24, 2.45) is 0 Å². The van der Waals surface area contributed by atoms with Crippen LogP contribution in [0.4, 0.5) is 14.5 Å². The molecule has 0 saturated carbocycles. The van der Waals surface area contributed by atoms with E-state index in [0.717, 1.165) is 0 Å². The van der Waals surface area contributed by atoms with Crippen molar-refractivity contribution >= 4 is 5.69 Å². The molecule has 4 nitrogen and oxygen atoms in total. The smallest absolute Gasteiger partial charge is 0.307 e. The van der Waals surface area contributed by atoms with Gasteiger partial charge in [0.2, 0.25) is 5.82 Å². The molecule has 1 aromatic carbocycles. The quantitative estimate of drug-likeness (QED) is 0.343. The first kappa shape index (κ1) is 11.9. The van der Waals surface area contributed by atoms with E-state index in [1.807, 2.05) is 0 Å². The highest BCUT2D eigenvalue weighted by molar-refractivity contribution is 5.39. The molecule has 1 rings (SSSR count). The molecular weight excluding hydrogens is 220 g/mol. The molecule has 0 aromatic heterocycles. The van der Waals surface area contributed by atoms with Crippen molar-refractivity contribution in [1.82, 2.24) is 0 Å². The van der Waals surface area contributed by atoms with Gasteiger partial charge in [-0.15, -0.1) is 12.3 Å². The summed E-state index contributed by atoms with van der Waals surface area (Å²) in [5.74, 6) is -0.284. The maximum absolute atomic E-state index is 13.2. The fourth-order valence-corrected chi connectivity index (χ4v) is 0.989. The highest BCUT2D eigenvalue weighted by Gasteiger charge is 2.19. The number of nitro groups is 1. The van der Waals surface area contributed by atoms with Crippen LogP contribution in [0.25, 0.3) is 0 Å². The Morgan fingerprint density at radius 1 is 1.44 bits per heavy atom. The Bertz CT molecular complexity index is 454. The fraction of sp³-hybridized carbons (Fsp3) is 0.200. The molecule has 0 N–H and O–H groups in total. The highest BCUT2D eigenvalue weighted by atomic mass is 19.1. The van der Waals surface area contributed by atoms with Crippen LogP contribution in [0.5, 0.6) is 5.75 Å². The van der Waals surface area contributed by atoms with Gasteiger partial charge in [-0.2, -0.15) is 4.39 Å². The molecule has 0 atom stereocenters. The molecule has 1 aromatic rings. The lowest BCUT2D eigenvalue weighted by atomic mass is 10.3. The van der Waals surface area contributed by atoms with Crippen LogP contribution in [0.1, 0.15) is 6.42 Å². The summed E-state index contributed by atoms with van der Waals surface area (Å²) in [6, 6.07) is 1.10. The average Bonchev–Trinajstić information content (AvgIpc) is 2.22. The average molecular weight is 227 g/mol. The van der Waals surface area contributed by atoms with Crippen LogP contribution in [0.15, 0.2) is 12.1 Å². The standard InChI is InChI=1S/C10H7F2NO3/c1-2-3-4-16-10-6-7(11)9(13(14)15)5-8(10)12/h1,5-6H,3-4H2. The molecule has 16 heavy (non-hydrogen) atoms. The van der Waals surface area contributed by atoms with E-state index in [1.54, 1.807) is 0 Å². The van der Waals surface area contributed by atoms with E-state index in [4.69, 9.17) is 11.2 Å². The largest absolute Gasteiger partial charge is 0.489 e. The molecule has 0 spiro atoms. The van der Waals surface area contributed by atoms with E-state index >= 15 is 0 Å². The minimum Gasteiger partial charge on any atom is -0.489 e.